The number of aromatic hydroxyl groups is 2. The fourth-order valence-electron chi connectivity index (χ4n) is 1.44. The highest BCUT2D eigenvalue weighted by atomic mass is 16.3. The summed E-state index contributed by atoms with van der Waals surface area (Å²) < 4.78 is 0. The van der Waals surface area contributed by atoms with Gasteiger partial charge in [0, 0.05) is 17.7 Å². The lowest BCUT2D eigenvalue weighted by Gasteiger charge is -2.13. The number of aliphatic hydroxyl groups is 1. The largest absolute Gasteiger partial charge is 0.508 e. The second-order valence-corrected chi connectivity index (χ2v) is 3.11. The third-order valence-electron chi connectivity index (χ3n) is 2.10. The quantitative estimate of drug-likeness (QED) is 0.545. The Morgan fingerprint density at radius 1 is 1.00 bits per heavy atom. The van der Waals surface area contributed by atoms with Gasteiger partial charge in [0.25, 0.3) is 0 Å². The van der Waals surface area contributed by atoms with E-state index >= 15 is 0 Å². The SMILES string of the molecule is O=C1C=C(O)c2cc(O)cc(O)c2C1=O. The Balaban J connectivity index is 2.80. The number of phenolic OH excluding ortho intramolecular Hbond substituents is 2. The summed E-state index contributed by atoms with van der Waals surface area (Å²) in [7, 11) is 0. The van der Waals surface area contributed by atoms with Gasteiger partial charge in [-0.1, -0.05) is 0 Å². The van der Waals surface area contributed by atoms with Crippen molar-refractivity contribution in [3.63, 3.8) is 0 Å². The lowest BCUT2D eigenvalue weighted by molar-refractivity contribution is -0.111. The van der Waals surface area contributed by atoms with Crippen molar-refractivity contribution in [3.8, 4) is 11.5 Å². The number of phenols is 2. The van der Waals surface area contributed by atoms with Gasteiger partial charge in [0.1, 0.15) is 17.3 Å². The van der Waals surface area contributed by atoms with E-state index in [1.54, 1.807) is 0 Å². The molecule has 0 fully saturated rings. The van der Waals surface area contributed by atoms with Gasteiger partial charge in [0.15, 0.2) is 0 Å². The number of allylic oxidation sites excluding steroid dienone is 1. The molecule has 0 saturated carbocycles. The maximum atomic E-state index is 11.3. The van der Waals surface area contributed by atoms with Gasteiger partial charge in [0.2, 0.25) is 11.6 Å². The van der Waals surface area contributed by atoms with Crippen LogP contribution in [-0.4, -0.2) is 26.9 Å². The number of ketones is 2. The molecular weight excluding hydrogens is 200 g/mol. The molecule has 0 aliphatic heterocycles. The van der Waals surface area contributed by atoms with Crippen molar-refractivity contribution in [2.24, 2.45) is 0 Å². The Bertz CT molecular complexity index is 513. The molecule has 2 rings (SSSR count). The minimum Gasteiger partial charge on any atom is -0.508 e. The van der Waals surface area contributed by atoms with E-state index in [9.17, 15) is 19.8 Å². The molecule has 1 aromatic rings. The number of benzene rings is 1. The summed E-state index contributed by atoms with van der Waals surface area (Å²) in [5.74, 6) is -3.07. The second kappa shape index (κ2) is 2.84. The van der Waals surface area contributed by atoms with Gasteiger partial charge in [-0.3, -0.25) is 9.59 Å². The van der Waals surface area contributed by atoms with Crippen LogP contribution >= 0.6 is 0 Å². The number of hydrogen-bond acceptors (Lipinski definition) is 5. The molecule has 1 aromatic carbocycles. The molecular formula is C10H6O5. The molecule has 0 atom stereocenters. The molecule has 0 unspecified atom stereocenters. The Hall–Kier alpha value is -2.30. The van der Waals surface area contributed by atoms with Gasteiger partial charge in [0.05, 0.1) is 5.56 Å². The first-order valence-electron chi connectivity index (χ1n) is 4.06. The average Bonchev–Trinajstić information content (AvgIpc) is 2.13. The molecule has 0 amide bonds. The lowest BCUT2D eigenvalue weighted by atomic mass is 9.93. The average molecular weight is 206 g/mol. The predicted octanol–water partition coefficient (Wildman–Crippen LogP) is 0.762. The molecule has 15 heavy (non-hydrogen) atoms. The normalized spacial score (nSPS) is 14.8. The Labute approximate surface area is 83.9 Å². The fraction of sp³-hybridized carbons (Fsp3) is 0. The molecule has 0 spiro atoms. The smallest absolute Gasteiger partial charge is 0.237 e. The summed E-state index contributed by atoms with van der Waals surface area (Å²) in [6.07, 6.45) is 0.754. The molecule has 1 aliphatic carbocycles. The molecule has 0 heterocycles. The highest BCUT2D eigenvalue weighted by molar-refractivity contribution is 6.50. The first-order chi connectivity index (χ1) is 7.00. The van der Waals surface area contributed by atoms with E-state index in [2.05, 4.69) is 0 Å². The maximum Gasteiger partial charge on any atom is 0.237 e. The molecule has 0 bridgehead atoms. The number of Topliss-reactive ketones (excluding diaryl/α,β-unsaturated/α-hetero) is 1. The van der Waals surface area contributed by atoms with E-state index in [0.717, 1.165) is 18.2 Å². The van der Waals surface area contributed by atoms with E-state index in [1.165, 1.54) is 0 Å². The predicted molar refractivity (Wildman–Crippen MR) is 49.7 cm³/mol. The minimum absolute atomic E-state index is 0.0444. The lowest BCUT2D eigenvalue weighted by Crippen LogP contribution is -2.18. The molecule has 3 N–H and O–H groups in total. The first-order valence-corrected chi connectivity index (χ1v) is 4.06. The Kier molecular flexibility index (Phi) is 1.76. The third kappa shape index (κ3) is 1.25. The van der Waals surface area contributed by atoms with Crippen LogP contribution in [0.5, 0.6) is 11.5 Å². The number of aliphatic hydroxyl groups excluding tert-OH is 1. The number of carbonyl (C=O) groups is 2. The number of rotatable bonds is 0. The van der Waals surface area contributed by atoms with Gasteiger partial charge >= 0.3 is 0 Å². The molecule has 76 valence electrons. The van der Waals surface area contributed by atoms with Crippen molar-refractivity contribution in [1.29, 1.82) is 0 Å². The zero-order chi connectivity index (χ0) is 11.2. The van der Waals surface area contributed by atoms with E-state index in [0.29, 0.717) is 0 Å². The first kappa shape index (κ1) is 9.26. The van der Waals surface area contributed by atoms with Crippen LogP contribution in [0.25, 0.3) is 5.76 Å². The van der Waals surface area contributed by atoms with Gasteiger partial charge in [-0.25, -0.2) is 0 Å². The monoisotopic (exact) mass is 206 g/mol. The van der Waals surface area contributed by atoms with Crippen LogP contribution in [0.3, 0.4) is 0 Å². The molecule has 1 aliphatic rings. The maximum absolute atomic E-state index is 11.3. The van der Waals surface area contributed by atoms with Crippen LogP contribution in [0.4, 0.5) is 0 Å². The van der Waals surface area contributed by atoms with Crippen LogP contribution in [0.15, 0.2) is 18.2 Å². The van der Waals surface area contributed by atoms with Crippen molar-refractivity contribution in [2.45, 2.75) is 0 Å². The number of hydrogen-bond donors (Lipinski definition) is 3. The fourth-order valence-corrected chi connectivity index (χ4v) is 1.44. The van der Waals surface area contributed by atoms with Gasteiger partial charge < -0.3 is 15.3 Å². The summed E-state index contributed by atoms with van der Waals surface area (Å²) in [5.41, 5.74) is -0.324. The molecule has 5 nitrogen and oxygen atoms in total. The summed E-state index contributed by atoms with van der Waals surface area (Å²) in [6.45, 7) is 0. The van der Waals surface area contributed by atoms with Crippen molar-refractivity contribution >= 4 is 17.3 Å². The minimum atomic E-state index is -0.903. The summed E-state index contributed by atoms with van der Waals surface area (Å²) in [6, 6.07) is 2.04. The molecule has 0 radical (unpaired) electrons. The summed E-state index contributed by atoms with van der Waals surface area (Å²) >= 11 is 0. The van der Waals surface area contributed by atoms with Crippen molar-refractivity contribution in [1.82, 2.24) is 0 Å². The Morgan fingerprint density at radius 3 is 2.33 bits per heavy atom. The third-order valence-corrected chi connectivity index (χ3v) is 2.10. The number of fused-ring (bicyclic) bond motifs is 1. The van der Waals surface area contributed by atoms with Crippen molar-refractivity contribution < 1.29 is 24.9 Å². The standard InChI is InChI=1S/C10H6O5/c11-4-1-5-6(12)3-8(14)10(15)9(5)7(13)2-4/h1-3,11-13H. The van der Waals surface area contributed by atoms with Crippen LogP contribution < -0.4 is 0 Å². The molecule has 5 heteroatoms. The van der Waals surface area contributed by atoms with Gasteiger partial charge in [-0.05, 0) is 6.07 Å². The highest BCUT2D eigenvalue weighted by Gasteiger charge is 2.29. The topological polar surface area (TPSA) is 94.8 Å². The van der Waals surface area contributed by atoms with Crippen molar-refractivity contribution in [2.75, 3.05) is 0 Å². The Morgan fingerprint density at radius 2 is 1.67 bits per heavy atom. The van der Waals surface area contributed by atoms with E-state index < -0.39 is 23.1 Å². The van der Waals surface area contributed by atoms with Crippen LogP contribution in [0.1, 0.15) is 15.9 Å². The van der Waals surface area contributed by atoms with E-state index in [1.807, 2.05) is 0 Å². The summed E-state index contributed by atoms with van der Waals surface area (Å²) in [4.78, 5) is 22.4. The van der Waals surface area contributed by atoms with Gasteiger partial charge in [-0.15, -0.1) is 0 Å². The highest BCUT2D eigenvalue weighted by Crippen LogP contribution is 2.33. The van der Waals surface area contributed by atoms with Crippen molar-refractivity contribution in [3.05, 3.63) is 29.3 Å². The van der Waals surface area contributed by atoms with E-state index in [4.69, 9.17) is 5.11 Å². The molecule has 0 saturated heterocycles. The molecule has 0 aromatic heterocycles. The number of carbonyl (C=O) groups excluding carboxylic acids is 2. The van der Waals surface area contributed by atoms with Crippen LogP contribution in [0.2, 0.25) is 0 Å². The van der Waals surface area contributed by atoms with Gasteiger partial charge in [-0.2, -0.15) is 0 Å². The second-order valence-electron chi connectivity index (χ2n) is 3.11. The zero-order valence-electron chi connectivity index (χ0n) is 7.39. The van der Waals surface area contributed by atoms with Crippen LogP contribution in [0, 0.1) is 0 Å². The van der Waals surface area contributed by atoms with E-state index in [-0.39, 0.29) is 16.9 Å². The summed E-state index contributed by atoms with van der Waals surface area (Å²) in [5, 5.41) is 27.9. The van der Waals surface area contributed by atoms with Crippen LogP contribution in [-0.2, 0) is 4.79 Å². The zero-order valence-corrected chi connectivity index (χ0v) is 7.39.